The molecule has 106 valence electrons. The Morgan fingerprint density at radius 1 is 1.60 bits per heavy atom. The molecule has 1 saturated heterocycles. The number of hydrogen-bond donors (Lipinski definition) is 2. The van der Waals surface area contributed by atoms with E-state index in [1.807, 2.05) is 0 Å². The van der Waals surface area contributed by atoms with E-state index < -0.39 is 10.9 Å². The lowest BCUT2D eigenvalue weighted by atomic mass is 10.1. The highest BCUT2D eigenvalue weighted by Crippen LogP contribution is 2.26. The van der Waals surface area contributed by atoms with Crippen molar-refractivity contribution >= 4 is 23.4 Å². The Balaban J connectivity index is 2.14. The van der Waals surface area contributed by atoms with Gasteiger partial charge in [-0.25, -0.2) is 4.79 Å². The Labute approximate surface area is 115 Å². The fraction of sp³-hybridized carbons (Fsp3) is 0.308. The van der Waals surface area contributed by atoms with Crippen LogP contribution in [-0.4, -0.2) is 35.3 Å². The van der Waals surface area contributed by atoms with Crippen molar-refractivity contribution in [2.75, 3.05) is 18.5 Å². The van der Waals surface area contributed by atoms with Gasteiger partial charge in [0.15, 0.2) is 0 Å². The van der Waals surface area contributed by atoms with Crippen LogP contribution in [-0.2, 0) is 9.53 Å². The number of nitrogens with zero attached hydrogens (tertiary/aromatic N) is 1. The second-order valence-corrected chi connectivity index (χ2v) is 4.37. The summed E-state index contributed by atoms with van der Waals surface area (Å²) in [5.41, 5.74) is 0.777. The number of ether oxygens (including phenoxy) is 1. The Morgan fingerprint density at radius 2 is 2.35 bits per heavy atom. The molecule has 7 nitrogen and oxygen atoms in total. The summed E-state index contributed by atoms with van der Waals surface area (Å²) in [7, 11) is 0. The molecule has 1 heterocycles. The zero-order valence-electron chi connectivity index (χ0n) is 10.6. The maximum atomic E-state index is 11.0. The van der Waals surface area contributed by atoms with E-state index in [9.17, 15) is 14.9 Å². The van der Waals surface area contributed by atoms with Crippen molar-refractivity contribution in [1.29, 1.82) is 0 Å². The van der Waals surface area contributed by atoms with Gasteiger partial charge in [0.05, 0.1) is 11.0 Å². The van der Waals surface area contributed by atoms with E-state index in [-0.39, 0.29) is 11.8 Å². The monoisotopic (exact) mass is 278 g/mol. The van der Waals surface area contributed by atoms with Crippen LogP contribution in [0.25, 0.3) is 6.08 Å². The summed E-state index contributed by atoms with van der Waals surface area (Å²) in [6.07, 6.45) is 3.30. The van der Waals surface area contributed by atoms with Crippen molar-refractivity contribution in [1.82, 2.24) is 0 Å². The largest absolute Gasteiger partial charge is 0.478 e. The SMILES string of the molecule is O=C(O)/C=C/c1ccc(NCC2CCO2)c([N+](=O)[O-])c1. The highest BCUT2D eigenvalue weighted by Gasteiger charge is 2.20. The number of hydrogen-bond acceptors (Lipinski definition) is 5. The zero-order chi connectivity index (χ0) is 14.5. The third-order valence-corrected chi connectivity index (χ3v) is 2.95. The minimum Gasteiger partial charge on any atom is -0.478 e. The summed E-state index contributed by atoms with van der Waals surface area (Å²) >= 11 is 0. The predicted octanol–water partition coefficient (Wildman–Crippen LogP) is 1.89. The summed E-state index contributed by atoms with van der Waals surface area (Å²) < 4.78 is 5.23. The number of carbonyl (C=O) groups is 1. The van der Waals surface area contributed by atoms with Gasteiger partial charge in [0.25, 0.3) is 5.69 Å². The molecule has 2 rings (SSSR count). The van der Waals surface area contributed by atoms with Crippen LogP contribution in [0.2, 0.25) is 0 Å². The van der Waals surface area contributed by atoms with Crippen LogP contribution in [0.5, 0.6) is 0 Å². The Morgan fingerprint density at radius 3 is 2.90 bits per heavy atom. The van der Waals surface area contributed by atoms with E-state index in [0.29, 0.717) is 17.8 Å². The molecule has 0 amide bonds. The van der Waals surface area contributed by atoms with Crippen molar-refractivity contribution in [3.63, 3.8) is 0 Å². The summed E-state index contributed by atoms with van der Waals surface area (Å²) in [6.45, 7) is 1.25. The lowest BCUT2D eigenvalue weighted by Crippen LogP contribution is -2.33. The van der Waals surface area contributed by atoms with Crippen LogP contribution in [0, 0.1) is 10.1 Å². The van der Waals surface area contributed by atoms with Crippen molar-refractivity contribution in [2.45, 2.75) is 12.5 Å². The van der Waals surface area contributed by atoms with E-state index in [2.05, 4.69) is 5.32 Å². The molecule has 1 aromatic rings. The standard InChI is InChI=1S/C13H14N2O5/c16-13(17)4-2-9-1-3-11(12(7-9)15(18)19)14-8-10-5-6-20-10/h1-4,7,10,14H,5-6,8H2,(H,16,17)/b4-2+. The average molecular weight is 278 g/mol. The summed E-state index contributed by atoms with van der Waals surface area (Å²) in [5.74, 6) is -1.10. The van der Waals surface area contributed by atoms with Crippen LogP contribution in [0.1, 0.15) is 12.0 Å². The van der Waals surface area contributed by atoms with Gasteiger partial charge in [-0.2, -0.15) is 0 Å². The quantitative estimate of drug-likeness (QED) is 0.468. The minimum absolute atomic E-state index is 0.0862. The molecule has 0 aromatic heterocycles. The van der Waals surface area contributed by atoms with Gasteiger partial charge in [-0.3, -0.25) is 10.1 Å². The molecule has 20 heavy (non-hydrogen) atoms. The first kappa shape index (κ1) is 14.0. The minimum atomic E-state index is -1.10. The van der Waals surface area contributed by atoms with Gasteiger partial charge in [-0.05, 0) is 24.1 Å². The first-order valence-corrected chi connectivity index (χ1v) is 6.11. The van der Waals surface area contributed by atoms with Crippen LogP contribution in [0.4, 0.5) is 11.4 Å². The van der Waals surface area contributed by atoms with Crippen molar-refractivity contribution < 1.29 is 19.6 Å². The summed E-state index contributed by atoms with van der Waals surface area (Å²) in [5, 5.41) is 22.6. The topological polar surface area (TPSA) is 102 Å². The number of carboxylic acids is 1. The van der Waals surface area contributed by atoms with Gasteiger partial charge in [0.2, 0.25) is 0 Å². The Hall–Kier alpha value is -2.41. The normalized spacial score (nSPS) is 17.7. The number of nitrogens with one attached hydrogen (secondary N) is 1. The maximum Gasteiger partial charge on any atom is 0.328 e. The van der Waals surface area contributed by atoms with Crippen LogP contribution in [0.15, 0.2) is 24.3 Å². The van der Waals surface area contributed by atoms with Crippen molar-refractivity contribution in [3.8, 4) is 0 Å². The van der Waals surface area contributed by atoms with E-state index >= 15 is 0 Å². The highest BCUT2D eigenvalue weighted by atomic mass is 16.6. The molecule has 0 radical (unpaired) electrons. The molecular formula is C13H14N2O5. The molecule has 1 aliphatic rings. The number of rotatable bonds is 6. The van der Waals surface area contributed by atoms with E-state index in [1.54, 1.807) is 12.1 Å². The molecule has 1 aromatic carbocycles. The van der Waals surface area contributed by atoms with Crippen LogP contribution < -0.4 is 5.32 Å². The molecule has 1 aliphatic heterocycles. The number of carboxylic acid groups (broad SMARTS) is 1. The molecule has 0 spiro atoms. The second kappa shape index (κ2) is 6.16. The average Bonchev–Trinajstić information content (AvgIpc) is 2.35. The third kappa shape index (κ3) is 3.55. The van der Waals surface area contributed by atoms with Crippen molar-refractivity contribution in [3.05, 3.63) is 40.0 Å². The Bertz CT molecular complexity index is 552. The number of nitro groups is 1. The van der Waals surface area contributed by atoms with Gasteiger partial charge >= 0.3 is 5.97 Å². The van der Waals surface area contributed by atoms with Gasteiger partial charge in [0, 0.05) is 25.3 Å². The van der Waals surface area contributed by atoms with E-state index in [1.165, 1.54) is 12.1 Å². The van der Waals surface area contributed by atoms with Crippen LogP contribution in [0.3, 0.4) is 0 Å². The summed E-state index contributed by atoms with van der Waals surface area (Å²) in [6, 6.07) is 4.53. The van der Waals surface area contributed by atoms with E-state index in [4.69, 9.17) is 9.84 Å². The Kier molecular flexibility index (Phi) is 4.31. The molecular weight excluding hydrogens is 264 g/mol. The zero-order valence-corrected chi connectivity index (χ0v) is 10.6. The first-order chi connectivity index (χ1) is 9.56. The van der Waals surface area contributed by atoms with Gasteiger partial charge in [-0.1, -0.05) is 6.07 Å². The van der Waals surface area contributed by atoms with Gasteiger partial charge in [-0.15, -0.1) is 0 Å². The number of nitro benzene ring substituents is 1. The summed E-state index contributed by atoms with van der Waals surface area (Å²) in [4.78, 5) is 21.0. The number of benzene rings is 1. The fourth-order valence-electron chi connectivity index (χ4n) is 1.79. The second-order valence-electron chi connectivity index (χ2n) is 4.37. The van der Waals surface area contributed by atoms with Gasteiger partial charge < -0.3 is 15.2 Å². The van der Waals surface area contributed by atoms with E-state index in [0.717, 1.165) is 19.1 Å². The lowest BCUT2D eigenvalue weighted by Gasteiger charge is -2.26. The smallest absolute Gasteiger partial charge is 0.328 e. The fourth-order valence-corrected chi connectivity index (χ4v) is 1.79. The molecule has 0 saturated carbocycles. The molecule has 0 bridgehead atoms. The maximum absolute atomic E-state index is 11.0. The van der Waals surface area contributed by atoms with Gasteiger partial charge in [0.1, 0.15) is 5.69 Å². The van der Waals surface area contributed by atoms with Crippen LogP contribution >= 0.6 is 0 Å². The number of anilines is 1. The predicted molar refractivity (Wildman–Crippen MR) is 72.6 cm³/mol. The lowest BCUT2D eigenvalue weighted by molar-refractivity contribution is -0.384. The molecule has 0 aliphatic carbocycles. The molecule has 1 unspecified atom stereocenters. The third-order valence-electron chi connectivity index (χ3n) is 2.95. The molecule has 2 N–H and O–H groups in total. The number of aliphatic carboxylic acids is 1. The van der Waals surface area contributed by atoms with Crippen molar-refractivity contribution in [2.24, 2.45) is 0 Å². The molecule has 1 fully saturated rings. The molecule has 1 atom stereocenters. The first-order valence-electron chi connectivity index (χ1n) is 6.11. The molecule has 7 heteroatoms. The highest BCUT2D eigenvalue weighted by molar-refractivity contribution is 5.85.